The average Bonchev–Trinajstić information content (AvgIpc) is 2.40. The van der Waals surface area contributed by atoms with E-state index in [1.165, 1.54) is 0 Å². The predicted molar refractivity (Wildman–Crippen MR) is 63.9 cm³/mol. The third-order valence-electron chi connectivity index (χ3n) is 2.82. The highest BCUT2D eigenvalue weighted by molar-refractivity contribution is 5.41. The van der Waals surface area contributed by atoms with Gasteiger partial charge in [0.15, 0.2) is 11.5 Å². The first-order chi connectivity index (χ1) is 8.33. The molecule has 1 aromatic rings. The topological polar surface area (TPSA) is 52.6 Å². The lowest BCUT2D eigenvalue weighted by atomic mass is 10.1. The molecule has 0 radical (unpaired) electrons. The van der Waals surface area contributed by atoms with Gasteiger partial charge in [0.05, 0.1) is 20.4 Å². The Morgan fingerprint density at radius 1 is 1.18 bits per heavy atom. The molecule has 0 atom stereocenters. The van der Waals surface area contributed by atoms with Gasteiger partial charge in [0, 0.05) is 6.07 Å². The van der Waals surface area contributed by atoms with Crippen LogP contribution in [0.25, 0.3) is 0 Å². The molecule has 1 fully saturated rings. The van der Waals surface area contributed by atoms with Crippen LogP contribution in [0, 0.1) is 0 Å². The fourth-order valence-corrected chi connectivity index (χ4v) is 1.86. The summed E-state index contributed by atoms with van der Waals surface area (Å²) in [6, 6.07) is 1.73. The van der Waals surface area contributed by atoms with E-state index in [0.29, 0.717) is 17.4 Å². The van der Waals surface area contributed by atoms with Gasteiger partial charge in [-0.15, -0.1) is 0 Å². The fraction of sp³-hybridized carbons (Fsp3) is 0.583. The first kappa shape index (κ1) is 12.0. The molecular formula is C12H18N2O3. The van der Waals surface area contributed by atoms with Crippen LogP contribution in [-0.4, -0.2) is 38.4 Å². The number of pyridine rings is 1. The van der Waals surface area contributed by atoms with Crippen LogP contribution in [0.2, 0.25) is 0 Å². The number of nitrogens with one attached hydrogen (secondary N) is 1. The fourth-order valence-electron chi connectivity index (χ4n) is 1.86. The maximum atomic E-state index is 5.89. The lowest BCUT2D eigenvalue weighted by Crippen LogP contribution is -2.34. The zero-order valence-electron chi connectivity index (χ0n) is 10.2. The molecular weight excluding hydrogens is 220 g/mol. The Balaban J connectivity index is 2.08. The number of rotatable bonds is 4. The molecule has 0 aliphatic carbocycles. The molecule has 0 saturated carbocycles. The molecule has 1 aliphatic heterocycles. The van der Waals surface area contributed by atoms with Crippen molar-refractivity contribution < 1.29 is 14.2 Å². The normalized spacial score (nSPS) is 16.6. The number of aromatic nitrogens is 1. The number of piperidine rings is 1. The summed E-state index contributed by atoms with van der Waals surface area (Å²) < 4.78 is 16.2. The van der Waals surface area contributed by atoms with Gasteiger partial charge in [0.1, 0.15) is 6.10 Å². The summed E-state index contributed by atoms with van der Waals surface area (Å²) in [5.74, 6) is 1.87. The van der Waals surface area contributed by atoms with Gasteiger partial charge in [-0.05, 0) is 25.9 Å². The largest absolute Gasteiger partial charge is 0.493 e. The Bertz CT molecular complexity index is 365. The highest BCUT2D eigenvalue weighted by atomic mass is 16.5. The minimum absolute atomic E-state index is 0.236. The first-order valence-corrected chi connectivity index (χ1v) is 5.79. The number of hydrogen-bond acceptors (Lipinski definition) is 5. The van der Waals surface area contributed by atoms with E-state index in [2.05, 4.69) is 10.3 Å². The predicted octanol–water partition coefficient (Wildman–Crippen LogP) is 1.23. The standard InChI is InChI=1S/C12H18N2O3/c1-15-10-7-12(16-2)14-8-11(10)17-9-3-5-13-6-4-9/h7-9,13H,3-6H2,1-2H3. The van der Waals surface area contributed by atoms with Gasteiger partial charge in [-0.3, -0.25) is 0 Å². The number of ether oxygens (including phenoxy) is 3. The summed E-state index contributed by atoms with van der Waals surface area (Å²) in [5.41, 5.74) is 0. The molecule has 2 rings (SSSR count). The van der Waals surface area contributed by atoms with E-state index in [1.54, 1.807) is 26.5 Å². The van der Waals surface area contributed by atoms with E-state index < -0.39 is 0 Å². The molecule has 5 nitrogen and oxygen atoms in total. The van der Waals surface area contributed by atoms with Crippen LogP contribution in [0.15, 0.2) is 12.3 Å². The van der Waals surface area contributed by atoms with Gasteiger partial charge >= 0.3 is 0 Å². The van der Waals surface area contributed by atoms with E-state index in [0.717, 1.165) is 25.9 Å². The van der Waals surface area contributed by atoms with Crippen LogP contribution in [0.1, 0.15) is 12.8 Å². The van der Waals surface area contributed by atoms with Gasteiger partial charge in [0.25, 0.3) is 0 Å². The molecule has 1 aliphatic rings. The van der Waals surface area contributed by atoms with Crippen molar-refractivity contribution in [3.05, 3.63) is 12.3 Å². The highest BCUT2D eigenvalue weighted by Crippen LogP contribution is 2.30. The van der Waals surface area contributed by atoms with E-state index in [-0.39, 0.29) is 6.10 Å². The Kier molecular flexibility index (Phi) is 4.03. The molecule has 0 amide bonds. The Hall–Kier alpha value is -1.49. The van der Waals surface area contributed by atoms with Crippen molar-refractivity contribution >= 4 is 0 Å². The van der Waals surface area contributed by atoms with Crippen LogP contribution < -0.4 is 19.5 Å². The minimum atomic E-state index is 0.236. The van der Waals surface area contributed by atoms with Crippen LogP contribution in [0.5, 0.6) is 17.4 Å². The molecule has 1 N–H and O–H groups in total. The second-order valence-electron chi connectivity index (χ2n) is 3.94. The molecule has 0 bridgehead atoms. The zero-order chi connectivity index (χ0) is 12.1. The lowest BCUT2D eigenvalue weighted by molar-refractivity contribution is 0.155. The number of hydrogen-bond donors (Lipinski definition) is 1. The summed E-state index contributed by atoms with van der Waals surface area (Å²) in [5, 5.41) is 3.30. The Morgan fingerprint density at radius 2 is 1.94 bits per heavy atom. The van der Waals surface area contributed by atoms with Gasteiger partial charge in [-0.25, -0.2) is 4.98 Å². The monoisotopic (exact) mass is 238 g/mol. The summed E-state index contributed by atoms with van der Waals surface area (Å²) in [6.45, 7) is 1.99. The van der Waals surface area contributed by atoms with Crippen molar-refractivity contribution in [1.29, 1.82) is 0 Å². The summed E-state index contributed by atoms with van der Waals surface area (Å²) in [6.07, 6.45) is 3.91. The first-order valence-electron chi connectivity index (χ1n) is 5.79. The molecule has 1 saturated heterocycles. The van der Waals surface area contributed by atoms with Gasteiger partial charge < -0.3 is 19.5 Å². The zero-order valence-corrected chi connectivity index (χ0v) is 10.2. The minimum Gasteiger partial charge on any atom is -0.493 e. The molecule has 1 aromatic heterocycles. The summed E-state index contributed by atoms with van der Waals surface area (Å²) in [7, 11) is 3.19. The maximum absolute atomic E-state index is 5.89. The van der Waals surface area contributed by atoms with E-state index >= 15 is 0 Å². The molecule has 0 aromatic carbocycles. The smallest absolute Gasteiger partial charge is 0.216 e. The third kappa shape index (κ3) is 3.00. The second kappa shape index (κ2) is 5.72. The van der Waals surface area contributed by atoms with Gasteiger partial charge in [-0.2, -0.15) is 0 Å². The average molecular weight is 238 g/mol. The lowest BCUT2D eigenvalue weighted by Gasteiger charge is -2.24. The van der Waals surface area contributed by atoms with Crippen LogP contribution in [0.3, 0.4) is 0 Å². The highest BCUT2D eigenvalue weighted by Gasteiger charge is 2.17. The molecule has 94 valence electrons. The third-order valence-corrected chi connectivity index (χ3v) is 2.82. The van der Waals surface area contributed by atoms with Gasteiger partial charge in [0.2, 0.25) is 5.88 Å². The Labute approximate surface area is 101 Å². The second-order valence-corrected chi connectivity index (χ2v) is 3.94. The van der Waals surface area contributed by atoms with Crippen LogP contribution in [-0.2, 0) is 0 Å². The molecule has 0 unspecified atom stereocenters. The van der Waals surface area contributed by atoms with Crippen molar-refractivity contribution in [3.63, 3.8) is 0 Å². The number of nitrogens with zero attached hydrogens (tertiary/aromatic N) is 1. The van der Waals surface area contributed by atoms with Crippen molar-refractivity contribution in [1.82, 2.24) is 10.3 Å². The van der Waals surface area contributed by atoms with Crippen LogP contribution >= 0.6 is 0 Å². The van der Waals surface area contributed by atoms with E-state index in [4.69, 9.17) is 14.2 Å². The quantitative estimate of drug-likeness (QED) is 0.855. The molecule has 5 heteroatoms. The van der Waals surface area contributed by atoms with Crippen LogP contribution in [0.4, 0.5) is 0 Å². The Morgan fingerprint density at radius 3 is 2.59 bits per heavy atom. The van der Waals surface area contributed by atoms with Gasteiger partial charge in [-0.1, -0.05) is 0 Å². The molecule has 0 spiro atoms. The maximum Gasteiger partial charge on any atom is 0.216 e. The van der Waals surface area contributed by atoms with Crippen molar-refractivity contribution in [2.45, 2.75) is 18.9 Å². The summed E-state index contributed by atoms with van der Waals surface area (Å²) in [4.78, 5) is 4.13. The van der Waals surface area contributed by atoms with Crippen molar-refractivity contribution in [3.8, 4) is 17.4 Å². The molecule has 17 heavy (non-hydrogen) atoms. The number of methoxy groups -OCH3 is 2. The SMILES string of the molecule is COc1cc(OC)c(OC2CCNCC2)cn1. The van der Waals surface area contributed by atoms with E-state index in [9.17, 15) is 0 Å². The van der Waals surface area contributed by atoms with Crippen molar-refractivity contribution in [2.24, 2.45) is 0 Å². The molecule has 2 heterocycles. The summed E-state index contributed by atoms with van der Waals surface area (Å²) >= 11 is 0. The van der Waals surface area contributed by atoms with Crippen molar-refractivity contribution in [2.75, 3.05) is 27.3 Å². The van der Waals surface area contributed by atoms with E-state index in [1.807, 2.05) is 0 Å².